The second-order valence-corrected chi connectivity index (χ2v) is 17.6. The smallest absolute Gasteiger partial charge is 0.333 e. The molecule has 6 N–H and O–H groups in total. The van der Waals surface area contributed by atoms with Crippen LogP contribution in [0.2, 0.25) is 0 Å². The Morgan fingerprint density at radius 2 is 1.02 bits per heavy atom. The number of terminal acetylenes is 2. The Kier molecular flexibility index (Phi) is 36.2. The molecule has 85 heavy (non-hydrogen) atoms. The number of azo groups is 1. The van der Waals surface area contributed by atoms with Gasteiger partial charge in [0.1, 0.15) is 24.0 Å². The Morgan fingerprint density at radius 1 is 0.612 bits per heavy atom. The summed E-state index contributed by atoms with van der Waals surface area (Å²) in [7, 11) is 0. The first kappa shape index (κ1) is 72.6. The number of benzene rings is 1. The average molecular weight is 1240 g/mol. The maximum Gasteiger partial charge on any atom is 0.333 e. The van der Waals surface area contributed by atoms with Gasteiger partial charge in [0.25, 0.3) is 0 Å². The number of carboxylic acid groups (broad SMARTS) is 2. The van der Waals surface area contributed by atoms with Gasteiger partial charge in [-0.3, -0.25) is 59.6 Å². The monoisotopic (exact) mass is 1240 g/mol. The molecule has 474 valence electrons. The summed E-state index contributed by atoms with van der Waals surface area (Å²) in [6, 6.07) is 6.92. The zero-order chi connectivity index (χ0) is 62.1. The number of nitrogens with zero attached hydrogens (tertiary/aromatic N) is 7. The van der Waals surface area contributed by atoms with Crippen LogP contribution in [0.25, 0.3) is 0 Å². The molecule has 3 aromatic rings. The molecule has 2 atom stereocenters. The third-order valence-electron chi connectivity index (χ3n) is 9.73. The fourth-order valence-corrected chi connectivity index (χ4v) is 7.32. The minimum atomic E-state index is -1.28. The molecule has 0 saturated carbocycles. The van der Waals surface area contributed by atoms with E-state index in [-0.39, 0.29) is 134 Å². The van der Waals surface area contributed by atoms with Gasteiger partial charge in [-0.2, -0.15) is 0 Å². The summed E-state index contributed by atoms with van der Waals surface area (Å²) in [5.74, 6) is 26.1. The van der Waals surface area contributed by atoms with Crippen LogP contribution in [-0.4, -0.2) is 146 Å². The van der Waals surface area contributed by atoms with Gasteiger partial charge in [-0.25, -0.2) is 0 Å². The molecule has 2 aromatic heterocycles. The van der Waals surface area contributed by atoms with E-state index in [4.69, 9.17) is 42.3 Å². The van der Waals surface area contributed by atoms with Crippen molar-refractivity contribution in [2.45, 2.75) is 27.2 Å². The van der Waals surface area contributed by atoms with Crippen LogP contribution < -0.4 is 21.3 Å². The van der Waals surface area contributed by atoms with E-state index in [2.05, 4.69) is 104 Å². The third kappa shape index (κ3) is 30.8. The van der Waals surface area contributed by atoms with E-state index in [9.17, 15) is 69.8 Å². The first-order valence-electron chi connectivity index (χ1n) is 24.0. The minimum absolute atomic E-state index is 0. The first-order chi connectivity index (χ1) is 40.3. The molecule has 29 nitrogen and oxygen atoms in total. The van der Waals surface area contributed by atoms with Crippen molar-refractivity contribution in [2.24, 2.45) is 22.1 Å². The lowest BCUT2D eigenvalue weighted by Gasteiger charge is -2.25. The molecule has 0 spiro atoms. The normalized spacial score (nSPS) is 10.3. The number of nitrogen functional groups attached to an aromatic ring is 1. The van der Waals surface area contributed by atoms with E-state index in [1.165, 1.54) is 0 Å². The number of hydrogen-bond acceptors (Lipinski definition) is 23. The molecule has 1 aromatic carbocycles. The van der Waals surface area contributed by atoms with E-state index >= 15 is 0 Å². The van der Waals surface area contributed by atoms with Crippen LogP contribution in [0.3, 0.4) is 0 Å². The second-order valence-electron chi connectivity index (χ2n) is 15.6. The lowest BCUT2D eigenvalue weighted by Crippen LogP contribution is -2.32. The van der Waals surface area contributed by atoms with Gasteiger partial charge in [-0.05, 0) is 124 Å². The van der Waals surface area contributed by atoms with Gasteiger partial charge in [0.2, 0.25) is 16.8 Å². The number of aryl methyl sites for hydroxylation is 1. The van der Waals surface area contributed by atoms with Crippen molar-refractivity contribution in [3.8, 4) is 95.7 Å². The van der Waals surface area contributed by atoms with Crippen molar-refractivity contribution in [1.82, 2.24) is 10.6 Å². The predicted octanol–water partition coefficient (Wildman–Crippen LogP) is 8.11. The van der Waals surface area contributed by atoms with Crippen LogP contribution >= 0.6 is 22.7 Å². The largest absolute Gasteiger partial charge is 0.480 e. The van der Waals surface area contributed by atoms with Gasteiger partial charge in [0.05, 0.1) is 104 Å². The number of thiophene rings is 2. The number of carbonyl (C=O) groups excluding carboxylic acids is 2. The van der Waals surface area contributed by atoms with Gasteiger partial charge in [-0.15, -0.1) is 23.1 Å². The van der Waals surface area contributed by atoms with Crippen molar-refractivity contribution < 1.29 is 92.7 Å². The first-order valence-corrected chi connectivity index (χ1v) is 25.6. The van der Waals surface area contributed by atoms with Crippen LogP contribution in [0.1, 0.15) is 45.8 Å². The number of carboxylic acids is 2. The summed E-state index contributed by atoms with van der Waals surface area (Å²) in [4.78, 5) is 89.3. The number of hydrogen-bond donors (Lipinski definition) is 5. The van der Waals surface area contributed by atoms with Crippen LogP contribution in [0.5, 0.6) is 0 Å². The maximum atomic E-state index is 12.2. The highest BCUT2D eigenvalue weighted by Gasteiger charge is 2.26. The number of aliphatic carboxylic acids is 2. The zero-order valence-corrected chi connectivity index (χ0v) is 46.0. The molecule has 0 aliphatic rings. The Balaban J connectivity index is -0.000000201. The highest BCUT2D eigenvalue weighted by Crippen LogP contribution is 2.42. The summed E-state index contributed by atoms with van der Waals surface area (Å²) in [6.45, 7) is 5.09. The molecule has 31 heteroatoms. The van der Waals surface area contributed by atoms with Crippen molar-refractivity contribution in [3.63, 3.8) is 0 Å². The van der Waals surface area contributed by atoms with Crippen molar-refractivity contribution >= 4 is 89.2 Å². The van der Waals surface area contributed by atoms with Crippen molar-refractivity contribution in [1.29, 1.82) is 0 Å². The van der Waals surface area contributed by atoms with Gasteiger partial charge >= 0.3 is 33.3 Å². The maximum absolute atomic E-state index is 12.2. The molecule has 0 aliphatic heterocycles. The van der Waals surface area contributed by atoms with Crippen LogP contribution in [-0.2, 0) is 42.9 Å². The number of amides is 2. The zero-order valence-electron chi connectivity index (χ0n) is 44.4. The molecule has 0 aliphatic carbocycles. The van der Waals surface area contributed by atoms with Crippen LogP contribution in [0.15, 0.2) is 40.6 Å². The number of ether oxygens (including phenoxy) is 5. The SMILES string of the molecule is C.C#CC#CC#CC#CC(CC(=O)NCCOCCOCCOCCN(CCOCCOCCNC(=O)CC(C#CC#CC#CC#C)C(=O)O)c1ccc(N=Nc2sc([N+](=O)[O-])cc2[N+](=O)[O-])c(C)c1)C(=O)O.Nc1sc([N+](=O)[O-])cc1[N+](=O)[O-].[HH].[HH].[HH].[HH].[HH].[HH].[HH].[HH].[HH].[HH].[HH].[HH].[HH].[HH]. The number of nitrogens with one attached hydrogen (secondary N) is 2. The van der Waals surface area contributed by atoms with E-state index in [1.54, 1.807) is 19.1 Å². The standard InChI is InChI=1S/C49H47N7O15S.C4H3N3O4S.CH4.14H2/c1-4-6-8-10-12-14-16-39(48(59)60)35-44(57)50-20-24-67-28-30-69-26-22-54(41-18-19-42(38(3)34-41)52-53-47-43(55(63)64)37-46(72-47)56(65)66)23-27-70-31-33-71-32-29-68-25-21-51-45(58)36-40(49(61)62)17-15-13-11-9-7-5-2;5-4-2(6(8)9)1-3(12-4)7(10)11;;;;;;;;;;;;;;;/h1-2,18-19,34,37,39-40H,20-33,35-36H2,3H3,(H,50,57)(H,51,58)(H,59,60)(H,61,62);1H,5H2;1H4;14*1H. The van der Waals surface area contributed by atoms with Gasteiger partial charge in [0.15, 0.2) is 5.00 Å². The topological polar surface area (TPSA) is 405 Å². The van der Waals surface area contributed by atoms with E-state index < -0.39 is 71.7 Å². The lowest BCUT2D eigenvalue weighted by molar-refractivity contribution is -0.390. The number of nitro groups is 4. The molecular weight excluding hydrogens is 1160 g/mol. The molecule has 0 fully saturated rings. The van der Waals surface area contributed by atoms with Gasteiger partial charge in [-0.1, -0.05) is 19.3 Å². The Bertz CT molecular complexity index is 3410. The fourth-order valence-electron chi connectivity index (χ4n) is 5.84. The average Bonchev–Trinajstić information content (AvgIpc) is 1.80. The lowest BCUT2D eigenvalue weighted by atomic mass is 10.1. The number of rotatable bonds is 34. The molecular formula is C54H82N10O19S2. The third-order valence-corrected chi connectivity index (χ3v) is 11.6. The number of anilines is 2. The number of carbonyl (C=O) groups is 4. The Labute approximate surface area is 515 Å². The van der Waals surface area contributed by atoms with Crippen LogP contribution in [0.4, 0.5) is 42.8 Å². The summed E-state index contributed by atoms with van der Waals surface area (Å²) in [5, 5.41) is 73.7. The van der Waals surface area contributed by atoms with Crippen molar-refractivity contribution in [3.05, 3.63) is 76.4 Å². The summed E-state index contributed by atoms with van der Waals surface area (Å²) < 4.78 is 28.1. The minimum Gasteiger partial charge on any atom is -0.480 e. The summed E-state index contributed by atoms with van der Waals surface area (Å²) in [5.41, 5.74) is 6.00. The molecule has 3 rings (SSSR count). The molecule has 2 unspecified atom stereocenters. The fraction of sp³-hybridized carbons (Fsp3) is 0.370. The van der Waals surface area contributed by atoms with E-state index in [0.29, 0.717) is 47.0 Å². The van der Waals surface area contributed by atoms with E-state index in [1.807, 2.05) is 11.0 Å². The molecule has 0 bridgehead atoms. The Hall–Kier alpha value is -10.4. The molecule has 2 heterocycles. The van der Waals surface area contributed by atoms with Gasteiger partial charge < -0.3 is 55.2 Å². The molecule has 0 radical (unpaired) electrons. The quantitative estimate of drug-likeness (QED) is 0.0124. The summed E-state index contributed by atoms with van der Waals surface area (Å²) >= 11 is 1.12. The molecule has 0 saturated heterocycles. The highest BCUT2D eigenvalue weighted by atomic mass is 32.1. The van der Waals surface area contributed by atoms with Gasteiger partial charge in [0, 0.05) is 51.8 Å². The number of nitrogens with two attached hydrogens (primary N) is 1. The summed E-state index contributed by atoms with van der Waals surface area (Å²) in [6.07, 6.45) is 9.20. The Morgan fingerprint density at radius 3 is 1.42 bits per heavy atom. The van der Waals surface area contributed by atoms with E-state index in [0.717, 1.165) is 17.8 Å². The highest BCUT2D eigenvalue weighted by molar-refractivity contribution is 7.19. The predicted molar refractivity (Wildman–Crippen MR) is 339 cm³/mol. The molecule has 2 amide bonds. The second kappa shape index (κ2) is 42.4. The van der Waals surface area contributed by atoms with Crippen LogP contribution in [0, 0.1) is 155 Å². The van der Waals surface area contributed by atoms with Crippen molar-refractivity contribution in [2.75, 3.05) is 103 Å².